The van der Waals surface area contributed by atoms with Crippen molar-refractivity contribution in [3.8, 4) is 5.75 Å². The van der Waals surface area contributed by atoms with Gasteiger partial charge in [-0.2, -0.15) is 0 Å². The molecule has 0 aliphatic heterocycles. The number of aromatic nitrogens is 1. The van der Waals surface area contributed by atoms with Gasteiger partial charge in [-0.05, 0) is 49.8 Å². The van der Waals surface area contributed by atoms with Crippen LogP contribution in [0.25, 0.3) is 10.9 Å². The Morgan fingerprint density at radius 1 is 1.31 bits per heavy atom. The van der Waals surface area contributed by atoms with Gasteiger partial charge in [-0.15, -0.1) is 11.3 Å². The average Bonchev–Trinajstić information content (AvgIpc) is 3.15. The predicted molar refractivity (Wildman–Crippen MR) is 106 cm³/mol. The van der Waals surface area contributed by atoms with Gasteiger partial charge in [0.15, 0.2) is 6.61 Å². The van der Waals surface area contributed by atoms with Gasteiger partial charge >= 0.3 is 0 Å². The topological polar surface area (TPSA) is 54.5 Å². The highest BCUT2D eigenvalue weighted by molar-refractivity contribution is 7.10. The summed E-state index contributed by atoms with van der Waals surface area (Å²) in [5.74, 6) is 0.370. The fraction of sp³-hybridized carbons (Fsp3) is 0.263. The zero-order chi connectivity index (χ0) is 18.5. The molecule has 0 saturated carbocycles. The number of benzene rings is 1. The lowest BCUT2D eigenvalue weighted by molar-refractivity contribution is -0.123. The number of nitrogens with one attached hydrogen (secondary N) is 1. The summed E-state index contributed by atoms with van der Waals surface area (Å²) >= 11 is 7.86. The van der Waals surface area contributed by atoms with Crippen LogP contribution in [0.1, 0.15) is 10.9 Å². The molecule has 1 amide bonds. The van der Waals surface area contributed by atoms with Gasteiger partial charge in [0, 0.05) is 23.0 Å². The number of amides is 1. The summed E-state index contributed by atoms with van der Waals surface area (Å²) in [6, 6.07) is 11.4. The van der Waals surface area contributed by atoms with Crippen molar-refractivity contribution in [2.24, 2.45) is 0 Å². The van der Waals surface area contributed by atoms with Gasteiger partial charge in [0.25, 0.3) is 5.91 Å². The number of carbonyl (C=O) groups is 1. The molecule has 0 fully saturated rings. The SMILES string of the molecule is CN(C)[C@@H](CNC(=O)COc1ccc(Cl)c2cccnc12)c1cccs1. The molecule has 2 heterocycles. The number of rotatable bonds is 7. The maximum atomic E-state index is 12.2. The Morgan fingerprint density at radius 2 is 2.15 bits per heavy atom. The summed E-state index contributed by atoms with van der Waals surface area (Å²) in [7, 11) is 4.00. The molecular weight excluding hydrogens is 370 g/mol. The van der Waals surface area contributed by atoms with Crippen LogP contribution in [0, 0.1) is 0 Å². The summed E-state index contributed by atoms with van der Waals surface area (Å²) in [6.07, 6.45) is 1.67. The van der Waals surface area contributed by atoms with Crippen molar-refractivity contribution in [3.05, 3.63) is 57.9 Å². The molecule has 136 valence electrons. The zero-order valence-electron chi connectivity index (χ0n) is 14.6. The van der Waals surface area contributed by atoms with E-state index in [1.165, 1.54) is 4.88 Å². The first kappa shape index (κ1) is 18.6. The van der Waals surface area contributed by atoms with Crippen molar-refractivity contribution in [2.75, 3.05) is 27.2 Å². The molecule has 0 aliphatic rings. The van der Waals surface area contributed by atoms with E-state index in [0.717, 1.165) is 5.39 Å². The Morgan fingerprint density at radius 3 is 2.88 bits per heavy atom. The molecule has 26 heavy (non-hydrogen) atoms. The van der Waals surface area contributed by atoms with E-state index in [2.05, 4.69) is 21.3 Å². The lowest BCUT2D eigenvalue weighted by Crippen LogP contribution is -2.36. The zero-order valence-corrected chi connectivity index (χ0v) is 16.2. The van der Waals surface area contributed by atoms with Crippen molar-refractivity contribution in [1.29, 1.82) is 0 Å². The quantitative estimate of drug-likeness (QED) is 0.668. The fourth-order valence-electron chi connectivity index (χ4n) is 2.65. The first-order valence-electron chi connectivity index (χ1n) is 8.19. The number of fused-ring (bicyclic) bond motifs is 1. The lowest BCUT2D eigenvalue weighted by Gasteiger charge is -2.23. The highest BCUT2D eigenvalue weighted by atomic mass is 35.5. The minimum atomic E-state index is -0.174. The summed E-state index contributed by atoms with van der Waals surface area (Å²) in [6.45, 7) is 0.452. The summed E-state index contributed by atoms with van der Waals surface area (Å²) < 4.78 is 5.68. The van der Waals surface area contributed by atoms with E-state index in [1.807, 2.05) is 37.7 Å². The summed E-state index contributed by atoms with van der Waals surface area (Å²) in [5.41, 5.74) is 0.651. The van der Waals surface area contributed by atoms with Gasteiger partial charge in [0.1, 0.15) is 11.3 Å². The smallest absolute Gasteiger partial charge is 0.258 e. The van der Waals surface area contributed by atoms with Gasteiger partial charge in [-0.25, -0.2) is 0 Å². The molecule has 0 saturated heterocycles. The number of likely N-dealkylation sites (N-methyl/N-ethyl adjacent to an activating group) is 1. The van der Waals surface area contributed by atoms with Crippen LogP contribution in [-0.4, -0.2) is 43.0 Å². The van der Waals surface area contributed by atoms with E-state index in [1.54, 1.807) is 29.7 Å². The molecule has 5 nitrogen and oxygen atoms in total. The maximum absolute atomic E-state index is 12.2. The molecule has 7 heteroatoms. The molecule has 0 aliphatic carbocycles. The molecular formula is C19H20ClN3O2S. The molecule has 2 aromatic heterocycles. The first-order chi connectivity index (χ1) is 12.6. The van der Waals surface area contributed by atoms with Gasteiger partial charge in [-0.3, -0.25) is 9.78 Å². The second-order valence-corrected chi connectivity index (χ2v) is 7.42. The van der Waals surface area contributed by atoms with E-state index in [-0.39, 0.29) is 18.6 Å². The maximum Gasteiger partial charge on any atom is 0.258 e. The highest BCUT2D eigenvalue weighted by Gasteiger charge is 2.16. The minimum Gasteiger partial charge on any atom is -0.481 e. The molecule has 0 unspecified atom stereocenters. The number of halogens is 1. The monoisotopic (exact) mass is 389 g/mol. The van der Waals surface area contributed by atoms with Crippen molar-refractivity contribution in [1.82, 2.24) is 15.2 Å². The third kappa shape index (κ3) is 4.33. The Hall–Kier alpha value is -2.15. The van der Waals surface area contributed by atoms with E-state index in [0.29, 0.717) is 22.8 Å². The van der Waals surface area contributed by atoms with Crippen molar-refractivity contribution in [2.45, 2.75) is 6.04 Å². The van der Waals surface area contributed by atoms with Crippen LogP contribution in [0.4, 0.5) is 0 Å². The first-order valence-corrected chi connectivity index (χ1v) is 9.44. The number of hydrogen-bond acceptors (Lipinski definition) is 5. The largest absolute Gasteiger partial charge is 0.481 e. The van der Waals surface area contributed by atoms with Crippen LogP contribution in [-0.2, 0) is 4.79 Å². The van der Waals surface area contributed by atoms with Crippen molar-refractivity contribution >= 4 is 39.7 Å². The third-order valence-corrected chi connectivity index (χ3v) is 5.33. The van der Waals surface area contributed by atoms with E-state index in [9.17, 15) is 4.79 Å². The van der Waals surface area contributed by atoms with Crippen LogP contribution >= 0.6 is 22.9 Å². The van der Waals surface area contributed by atoms with Gasteiger partial charge in [-0.1, -0.05) is 17.7 Å². The number of hydrogen-bond donors (Lipinski definition) is 1. The normalized spacial score (nSPS) is 12.3. The Bertz CT molecular complexity index is 884. The number of nitrogens with zero attached hydrogens (tertiary/aromatic N) is 2. The molecule has 1 aromatic carbocycles. The molecule has 0 radical (unpaired) electrons. The van der Waals surface area contributed by atoms with Crippen LogP contribution in [0.5, 0.6) is 5.75 Å². The van der Waals surface area contributed by atoms with Crippen molar-refractivity contribution in [3.63, 3.8) is 0 Å². The Balaban J connectivity index is 1.60. The molecule has 0 bridgehead atoms. The van der Waals surface area contributed by atoms with Crippen molar-refractivity contribution < 1.29 is 9.53 Å². The second kappa shape index (κ2) is 8.49. The van der Waals surface area contributed by atoms with Crippen LogP contribution in [0.15, 0.2) is 48.0 Å². The number of carbonyl (C=O) groups excluding carboxylic acids is 1. The van der Waals surface area contributed by atoms with E-state index < -0.39 is 0 Å². The Kier molecular flexibility index (Phi) is 6.08. The number of ether oxygens (including phenoxy) is 1. The predicted octanol–water partition coefficient (Wildman–Crippen LogP) is 3.75. The van der Waals surface area contributed by atoms with Gasteiger partial charge in [0.2, 0.25) is 0 Å². The summed E-state index contributed by atoms with van der Waals surface area (Å²) in [4.78, 5) is 19.8. The summed E-state index contributed by atoms with van der Waals surface area (Å²) in [5, 5.41) is 6.38. The highest BCUT2D eigenvalue weighted by Crippen LogP contribution is 2.29. The van der Waals surface area contributed by atoms with Crippen LogP contribution < -0.4 is 10.1 Å². The standard InChI is InChI=1S/C19H20ClN3O2S/c1-23(2)15(17-6-4-10-26-17)11-22-18(24)12-25-16-8-7-14(20)13-5-3-9-21-19(13)16/h3-10,15H,11-12H2,1-2H3,(H,22,24)/t15-/m0/s1. The van der Waals surface area contributed by atoms with Gasteiger partial charge < -0.3 is 15.0 Å². The third-order valence-electron chi connectivity index (χ3n) is 4.03. The van der Waals surface area contributed by atoms with Crippen LogP contribution in [0.3, 0.4) is 0 Å². The number of pyridine rings is 1. The van der Waals surface area contributed by atoms with E-state index >= 15 is 0 Å². The second-order valence-electron chi connectivity index (χ2n) is 6.03. The Labute approximate surface area is 161 Å². The lowest BCUT2D eigenvalue weighted by atomic mass is 10.2. The fourth-order valence-corrected chi connectivity index (χ4v) is 3.79. The average molecular weight is 390 g/mol. The number of thiophene rings is 1. The molecule has 3 aromatic rings. The van der Waals surface area contributed by atoms with E-state index in [4.69, 9.17) is 16.3 Å². The molecule has 1 N–H and O–H groups in total. The van der Waals surface area contributed by atoms with Crippen LogP contribution in [0.2, 0.25) is 5.02 Å². The minimum absolute atomic E-state index is 0.0715. The van der Waals surface area contributed by atoms with Gasteiger partial charge in [0.05, 0.1) is 11.1 Å². The molecule has 3 rings (SSSR count). The molecule has 0 spiro atoms. The molecule has 1 atom stereocenters.